The van der Waals surface area contributed by atoms with Gasteiger partial charge in [-0.15, -0.1) is 0 Å². The highest BCUT2D eigenvalue weighted by Gasteiger charge is 2.31. The molecule has 1 aliphatic rings. The largest absolute Gasteiger partial charge is 0.371 e. The first-order valence-corrected chi connectivity index (χ1v) is 7.64. The molecule has 1 amide bonds. The second-order valence-electron chi connectivity index (χ2n) is 6.47. The molecule has 0 aromatic heterocycles. The van der Waals surface area contributed by atoms with Crippen LogP contribution in [0.25, 0.3) is 0 Å². The van der Waals surface area contributed by atoms with Crippen molar-refractivity contribution in [1.82, 2.24) is 5.32 Å². The van der Waals surface area contributed by atoms with E-state index in [-0.39, 0.29) is 17.6 Å². The van der Waals surface area contributed by atoms with Crippen molar-refractivity contribution < 1.29 is 9.53 Å². The lowest BCUT2D eigenvalue weighted by Crippen LogP contribution is -2.31. The minimum absolute atomic E-state index is 0.0148. The first kappa shape index (κ1) is 16.0. The van der Waals surface area contributed by atoms with E-state index in [4.69, 9.17) is 4.74 Å². The molecule has 4 heteroatoms. The van der Waals surface area contributed by atoms with Crippen molar-refractivity contribution in [3.8, 4) is 0 Å². The molecule has 116 valence electrons. The number of carbonyl (C=O) groups excluding carboxylic acids is 1. The molecule has 2 rings (SSSR count). The van der Waals surface area contributed by atoms with Gasteiger partial charge >= 0.3 is 0 Å². The number of carbonyl (C=O) groups is 1. The topological polar surface area (TPSA) is 50.4 Å². The first-order chi connectivity index (χ1) is 9.85. The van der Waals surface area contributed by atoms with Crippen LogP contribution in [0.1, 0.15) is 52.1 Å². The zero-order chi connectivity index (χ0) is 15.5. The predicted octanol–water partition coefficient (Wildman–Crippen LogP) is 3.25. The van der Waals surface area contributed by atoms with Gasteiger partial charge in [-0.2, -0.15) is 0 Å². The zero-order valence-corrected chi connectivity index (χ0v) is 13.4. The Kier molecular flexibility index (Phi) is 5.01. The van der Waals surface area contributed by atoms with Crippen LogP contribution in [-0.2, 0) is 9.53 Å². The molecule has 1 aliphatic heterocycles. The summed E-state index contributed by atoms with van der Waals surface area (Å²) in [6, 6.07) is 8.18. The van der Waals surface area contributed by atoms with Crippen molar-refractivity contribution in [3.63, 3.8) is 0 Å². The van der Waals surface area contributed by atoms with Gasteiger partial charge in [-0.25, -0.2) is 0 Å². The molecule has 1 saturated heterocycles. The minimum atomic E-state index is -0.0469. The van der Waals surface area contributed by atoms with Gasteiger partial charge in [0.2, 0.25) is 5.91 Å². The number of nitrogens with one attached hydrogen (secondary N) is 2. The number of hydrogen-bond acceptors (Lipinski definition) is 3. The molecule has 0 aliphatic carbocycles. The molecule has 21 heavy (non-hydrogen) atoms. The Hall–Kier alpha value is -1.39. The average Bonchev–Trinajstić information content (AvgIpc) is 2.75. The maximum atomic E-state index is 11.1. The number of benzene rings is 1. The highest BCUT2D eigenvalue weighted by Crippen LogP contribution is 2.29. The van der Waals surface area contributed by atoms with Crippen molar-refractivity contribution in [3.05, 3.63) is 29.8 Å². The zero-order valence-electron chi connectivity index (χ0n) is 13.4. The molecule has 2 atom stereocenters. The van der Waals surface area contributed by atoms with Crippen LogP contribution in [0.2, 0.25) is 0 Å². The summed E-state index contributed by atoms with van der Waals surface area (Å²) in [4.78, 5) is 11.1. The van der Waals surface area contributed by atoms with E-state index in [1.807, 2.05) is 18.2 Å². The van der Waals surface area contributed by atoms with Gasteiger partial charge in [-0.05, 0) is 51.3 Å². The molecule has 1 aromatic carbocycles. The van der Waals surface area contributed by atoms with Crippen LogP contribution in [-0.4, -0.2) is 24.2 Å². The summed E-state index contributed by atoms with van der Waals surface area (Å²) in [5, 5.41) is 6.34. The second kappa shape index (κ2) is 6.58. The maximum absolute atomic E-state index is 11.1. The lowest BCUT2D eigenvalue weighted by molar-refractivity contribution is -0.114. The Morgan fingerprint density at radius 3 is 2.86 bits per heavy atom. The van der Waals surface area contributed by atoms with E-state index in [1.165, 1.54) is 12.5 Å². The van der Waals surface area contributed by atoms with Gasteiger partial charge in [0.05, 0.1) is 11.7 Å². The highest BCUT2D eigenvalue weighted by molar-refractivity contribution is 5.88. The lowest BCUT2D eigenvalue weighted by Gasteiger charge is -2.21. The molecule has 0 bridgehead atoms. The maximum Gasteiger partial charge on any atom is 0.221 e. The lowest BCUT2D eigenvalue weighted by atomic mass is 10.0. The molecule has 0 saturated carbocycles. The number of hydrogen-bond donors (Lipinski definition) is 2. The molecule has 4 nitrogen and oxygen atoms in total. The van der Waals surface area contributed by atoms with Gasteiger partial charge in [-0.1, -0.05) is 12.1 Å². The smallest absolute Gasteiger partial charge is 0.221 e. The third-order valence-electron chi connectivity index (χ3n) is 3.91. The molecule has 2 unspecified atom stereocenters. The standard InChI is InChI=1S/C17H26N2O2/c1-12(18-11-16-8-9-17(3,4)21-16)14-6-5-7-15(10-14)19-13(2)20/h5-7,10,12,16,18H,8-9,11H2,1-4H3,(H,19,20). The normalized spacial score (nSPS) is 22.0. The van der Waals surface area contributed by atoms with E-state index >= 15 is 0 Å². The van der Waals surface area contributed by atoms with Crippen LogP contribution in [0, 0.1) is 0 Å². The molecule has 1 heterocycles. The second-order valence-corrected chi connectivity index (χ2v) is 6.47. The number of rotatable bonds is 5. The van der Waals surface area contributed by atoms with Gasteiger partial charge in [0.25, 0.3) is 0 Å². The molecular weight excluding hydrogens is 264 g/mol. The summed E-state index contributed by atoms with van der Waals surface area (Å²) in [6.07, 6.45) is 2.52. The molecule has 2 N–H and O–H groups in total. The van der Waals surface area contributed by atoms with Crippen LogP contribution in [0.15, 0.2) is 24.3 Å². The minimum Gasteiger partial charge on any atom is -0.371 e. The van der Waals surface area contributed by atoms with E-state index in [2.05, 4.69) is 37.5 Å². The fourth-order valence-corrected chi connectivity index (χ4v) is 2.74. The summed E-state index contributed by atoms with van der Waals surface area (Å²) in [6.45, 7) is 8.80. The predicted molar refractivity (Wildman–Crippen MR) is 85.3 cm³/mol. The molecule has 0 radical (unpaired) electrons. The van der Waals surface area contributed by atoms with E-state index in [1.54, 1.807) is 0 Å². The van der Waals surface area contributed by atoms with E-state index in [0.29, 0.717) is 6.10 Å². The van der Waals surface area contributed by atoms with Crippen LogP contribution in [0.3, 0.4) is 0 Å². The molecule has 1 aromatic rings. The van der Waals surface area contributed by atoms with Crippen LogP contribution < -0.4 is 10.6 Å². The summed E-state index contributed by atoms with van der Waals surface area (Å²) in [7, 11) is 0. The third kappa shape index (κ3) is 4.83. The number of ether oxygens (including phenoxy) is 1. The SMILES string of the molecule is CC(=O)Nc1cccc(C(C)NCC2CCC(C)(C)O2)c1. The summed E-state index contributed by atoms with van der Waals surface area (Å²) in [5.74, 6) is -0.0469. The Morgan fingerprint density at radius 1 is 1.48 bits per heavy atom. The highest BCUT2D eigenvalue weighted by atomic mass is 16.5. The van der Waals surface area contributed by atoms with Crippen molar-refractivity contribution >= 4 is 11.6 Å². The average molecular weight is 290 g/mol. The Labute approximate surface area is 127 Å². The Balaban J connectivity index is 1.88. The van der Waals surface area contributed by atoms with Crippen molar-refractivity contribution in [2.24, 2.45) is 0 Å². The van der Waals surface area contributed by atoms with Crippen molar-refractivity contribution in [2.45, 2.75) is 58.3 Å². The number of anilines is 1. The molecule has 1 fully saturated rings. The van der Waals surface area contributed by atoms with E-state index in [0.717, 1.165) is 25.1 Å². The Morgan fingerprint density at radius 2 is 2.24 bits per heavy atom. The number of amides is 1. The first-order valence-electron chi connectivity index (χ1n) is 7.64. The van der Waals surface area contributed by atoms with Gasteiger partial charge in [0, 0.05) is 25.2 Å². The van der Waals surface area contributed by atoms with Gasteiger partial charge in [0.15, 0.2) is 0 Å². The van der Waals surface area contributed by atoms with Crippen molar-refractivity contribution in [1.29, 1.82) is 0 Å². The van der Waals surface area contributed by atoms with E-state index in [9.17, 15) is 4.79 Å². The van der Waals surface area contributed by atoms with Crippen LogP contribution in [0.5, 0.6) is 0 Å². The summed E-state index contributed by atoms with van der Waals surface area (Å²) in [5.41, 5.74) is 2.02. The summed E-state index contributed by atoms with van der Waals surface area (Å²) < 4.78 is 5.99. The summed E-state index contributed by atoms with van der Waals surface area (Å²) >= 11 is 0. The quantitative estimate of drug-likeness (QED) is 0.875. The van der Waals surface area contributed by atoms with Crippen LogP contribution in [0.4, 0.5) is 5.69 Å². The van der Waals surface area contributed by atoms with Gasteiger partial charge in [-0.3, -0.25) is 4.79 Å². The molecular formula is C17H26N2O2. The fraction of sp³-hybridized carbons (Fsp3) is 0.588. The Bertz CT molecular complexity index is 499. The molecule has 0 spiro atoms. The third-order valence-corrected chi connectivity index (χ3v) is 3.91. The monoisotopic (exact) mass is 290 g/mol. The van der Waals surface area contributed by atoms with Crippen molar-refractivity contribution in [2.75, 3.05) is 11.9 Å². The van der Waals surface area contributed by atoms with Gasteiger partial charge < -0.3 is 15.4 Å². The van der Waals surface area contributed by atoms with E-state index < -0.39 is 0 Å². The fourth-order valence-electron chi connectivity index (χ4n) is 2.74. The van der Waals surface area contributed by atoms with Crippen LogP contribution >= 0.6 is 0 Å². The van der Waals surface area contributed by atoms with Gasteiger partial charge in [0.1, 0.15) is 0 Å².